The van der Waals surface area contributed by atoms with E-state index in [2.05, 4.69) is 25.4 Å². The van der Waals surface area contributed by atoms with E-state index in [1.54, 1.807) is 12.1 Å². The number of benzene rings is 2. The maximum absolute atomic E-state index is 12.8. The Labute approximate surface area is 194 Å². The molecule has 2 heterocycles. The number of ether oxygens (including phenoxy) is 1. The van der Waals surface area contributed by atoms with Crippen LogP contribution in [0.5, 0.6) is 0 Å². The molecule has 9 nitrogen and oxygen atoms in total. The molecule has 0 unspecified atom stereocenters. The van der Waals surface area contributed by atoms with Crippen LogP contribution in [0.1, 0.15) is 33.2 Å². The summed E-state index contributed by atoms with van der Waals surface area (Å²) in [5.41, 5.74) is 8.92. The summed E-state index contributed by atoms with van der Waals surface area (Å²) in [5, 5.41) is 7.03. The molecule has 0 radical (unpaired) electrons. The van der Waals surface area contributed by atoms with Crippen LogP contribution in [0.25, 0.3) is 0 Å². The van der Waals surface area contributed by atoms with Crippen molar-refractivity contribution in [2.24, 2.45) is 0 Å². The zero-order chi connectivity index (χ0) is 23.2. The number of carbonyl (C=O) groups excluding carboxylic acids is 1. The lowest BCUT2D eigenvalue weighted by molar-refractivity contribution is 0.0458. The zero-order valence-electron chi connectivity index (χ0n) is 18.1. The topological polar surface area (TPSA) is 129 Å². The highest BCUT2D eigenvalue weighted by molar-refractivity contribution is 7.98. The molecule has 10 heteroatoms. The van der Waals surface area contributed by atoms with E-state index in [-0.39, 0.29) is 24.3 Å². The first kappa shape index (κ1) is 22.3. The minimum Gasteiger partial charge on any atom is -0.454 e. The molecule has 0 aliphatic heterocycles. The summed E-state index contributed by atoms with van der Waals surface area (Å²) in [6.07, 6.45) is 0. The van der Waals surface area contributed by atoms with Crippen molar-refractivity contribution >= 4 is 35.3 Å². The minimum atomic E-state index is -0.478. The summed E-state index contributed by atoms with van der Waals surface area (Å²) >= 11 is 1.52. The normalized spacial score (nSPS) is 10.7. The molecule has 0 aliphatic rings. The van der Waals surface area contributed by atoms with Crippen LogP contribution in [-0.4, -0.2) is 26.1 Å². The van der Waals surface area contributed by atoms with Crippen LogP contribution in [-0.2, 0) is 17.1 Å². The molecule has 168 valence electrons. The van der Waals surface area contributed by atoms with Gasteiger partial charge in [0.2, 0.25) is 11.9 Å². The lowest BCUT2D eigenvalue weighted by Crippen LogP contribution is -2.11. The molecule has 0 fully saturated rings. The van der Waals surface area contributed by atoms with Crippen molar-refractivity contribution in [3.8, 4) is 0 Å². The van der Waals surface area contributed by atoms with E-state index in [4.69, 9.17) is 15.0 Å². The van der Waals surface area contributed by atoms with Gasteiger partial charge in [-0.05, 0) is 38.1 Å². The predicted octanol–water partition coefficient (Wildman–Crippen LogP) is 4.45. The Morgan fingerprint density at radius 2 is 1.82 bits per heavy atom. The van der Waals surface area contributed by atoms with Gasteiger partial charge >= 0.3 is 5.97 Å². The van der Waals surface area contributed by atoms with Crippen LogP contribution < -0.4 is 11.1 Å². The number of anilines is 3. The van der Waals surface area contributed by atoms with Crippen molar-refractivity contribution in [1.29, 1.82) is 0 Å². The summed E-state index contributed by atoms with van der Waals surface area (Å²) in [7, 11) is 0. The van der Waals surface area contributed by atoms with Crippen LogP contribution in [0, 0.1) is 13.8 Å². The predicted molar refractivity (Wildman–Crippen MR) is 125 cm³/mol. The molecule has 0 saturated carbocycles. The second-order valence-electron chi connectivity index (χ2n) is 7.09. The standard InChI is InChI=1S/C23H22N6O3S/c1-14-18(15(2)32-29-14)13-33-19-11-7-6-10-17(19)21(30)31-12-20-26-22(24)28-23(27-20)25-16-8-4-3-5-9-16/h3-11H,12-13H2,1-2H3,(H3,24,25,26,27,28). The van der Waals surface area contributed by atoms with Gasteiger partial charge in [0.1, 0.15) is 5.76 Å². The van der Waals surface area contributed by atoms with Crippen molar-refractivity contribution in [1.82, 2.24) is 20.1 Å². The summed E-state index contributed by atoms with van der Waals surface area (Å²) < 4.78 is 10.7. The molecule has 0 saturated heterocycles. The number of nitrogens with one attached hydrogen (secondary N) is 1. The Morgan fingerprint density at radius 3 is 2.58 bits per heavy atom. The Morgan fingerprint density at radius 1 is 1.06 bits per heavy atom. The molecule has 2 aromatic carbocycles. The van der Waals surface area contributed by atoms with Crippen LogP contribution in [0.2, 0.25) is 0 Å². The largest absolute Gasteiger partial charge is 0.454 e. The number of esters is 1. The fourth-order valence-electron chi connectivity index (χ4n) is 3.04. The van der Waals surface area contributed by atoms with Crippen LogP contribution >= 0.6 is 11.8 Å². The number of rotatable bonds is 8. The number of hydrogen-bond acceptors (Lipinski definition) is 10. The van der Waals surface area contributed by atoms with Crippen LogP contribution in [0.4, 0.5) is 17.6 Å². The van der Waals surface area contributed by atoms with Crippen molar-refractivity contribution < 1.29 is 14.1 Å². The molecule has 2 aromatic heterocycles. The van der Waals surface area contributed by atoms with Gasteiger partial charge in [0.15, 0.2) is 12.4 Å². The average molecular weight is 463 g/mol. The summed E-state index contributed by atoms with van der Waals surface area (Å²) in [6.45, 7) is 3.63. The number of nitrogens with two attached hydrogens (primary N) is 1. The number of hydrogen-bond donors (Lipinski definition) is 2. The van der Waals surface area contributed by atoms with E-state index < -0.39 is 5.97 Å². The van der Waals surface area contributed by atoms with Crippen molar-refractivity contribution in [2.45, 2.75) is 31.1 Å². The highest BCUT2D eigenvalue weighted by Gasteiger charge is 2.16. The van der Waals surface area contributed by atoms with Gasteiger partial charge in [0, 0.05) is 21.9 Å². The lowest BCUT2D eigenvalue weighted by atomic mass is 10.2. The molecule has 4 aromatic rings. The molecule has 3 N–H and O–H groups in total. The van der Waals surface area contributed by atoms with E-state index in [9.17, 15) is 4.79 Å². The smallest absolute Gasteiger partial charge is 0.339 e. The molecule has 0 atom stereocenters. The molecule has 33 heavy (non-hydrogen) atoms. The van der Waals surface area contributed by atoms with E-state index >= 15 is 0 Å². The fraction of sp³-hybridized carbons (Fsp3) is 0.174. The van der Waals surface area contributed by atoms with Gasteiger partial charge in [-0.3, -0.25) is 0 Å². The van der Waals surface area contributed by atoms with Gasteiger partial charge in [-0.1, -0.05) is 35.5 Å². The Bertz CT molecular complexity index is 1240. The number of carbonyl (C=O) groups is 1. The number of nitrogens with zero attached hydrogens (tertiary/aromatic N) is 4. The molecular weight excluding hydrogens is 440 g/mol. The first-order chi connectivity index (χ1) is 16.0. The third-order valence-electron chi connectivity index (χ3n) is 4.72. The van der Waals surface area contributed by atoms with Gasteiger partial charge in [-0.15, -0.1) is 11.8 Å². The Kier molecular flexibility index (Phi) is 6.84. The van der Waals surface area contributed by atoms with Crippen molar-refractivity contribution in [3.63, 3.8) is 0 Å². The first-order valence-electron chi connectivity index (χ1n) is 10.1. The second-order valence-corrected chi connectivity index (χ2v) is 8.11. The Hall–Kier alpha value is -3.92. The quantitative estimate of drug-likeness (QED) is 0.286. The molecule has 0 aliphatic carbocycles. The number of thioether (sulfide) groups is 1. The second kappa shape index (κ2) is 10.1. The summed E-state index contributed by atoms with van der Waals surface area (Å²) in [4.78, 5) is 26.0. The van der Waals surface area contributed by atoms with Crippen molar-refractivity contribution in [2.75, 3.05) is 11.1 Å². The first-order valence-corrected chi connectivity index (χ1v) is 11.1. The van der Waals surface area contributed by atoms with E-state index in [1.165, 1.54) is 11.8 Å². The van der Waals surface area contributed by atoms with Gasteiger partial charge in [-0.25, -0.2) is 4.79 Å². The van der Waals surface area contributed by atoms with Gasteiger partial charge < -0.3 is 20.3 Å². The highest BCUT2D eigenvalue weighted by Crippen LogP contribution is 2.29. The number of nitrogen functional groups attached to an aromatic ring is 1. The van der Waals surface area contributed by atoms with Crippen molar-refractivity contribution in [3.05, 3.63) is 83.0 Å². The number of aromatic nitrogens is 4. The molecule has 0 bridgehead atoms. The summed E-state index contributed by atoms with van der Waals surface area (Å²) in [6, 6.07) is 16.7. The fourth-order valence-corrected chi connectivity index (χ4v) is 4.23. The highest BCUT2D eigenvalue weighted by atomic mass is 32.2. The van der Waals surface area contributed by atoms with Gasteiger partial charge in [0.05, 0.1) is 11.3 Å². The average Bonchev–Trinajstić information content (AvgIpc) is 3.13. The van der Waals surface area contributed by atoms with Crippen LogP contribution in [0.3, 0.4) is 0 Å². The van der Waals surface area contributed by atoms with E-state index in [1.807, 2.05) is 56.3 Å². The lowest BCUT2D eigenvalue weighted by Gasteiger charge is -2.10. The summed E-state index contributed by atoms with van der Waals surface area (Å²) in [5.74, 6) is 1.47. The Balaban J connectivity index is 1.43. The maximum Gasteiger partial charge on any atom is 0.339 e. The molecule has 4 rings (SSSR count). The SMILES string of the molecule is Cc1noc(C)c1CSc1ccccc1C(=O)OCc1nc(N)nc(Nc2ccccc2)n1. The number of aryl methyl sites for hydroxylation is 2. The monoisotopic (exact) mass is 462 g/mol. The minimum absolute atomic E-state index is 0.0323. The van der Waals surface area contributed by atoms with Gasteiger partial charge in [-0.2, -0.15) is 15.0 Å². The third-order valence-corrected chi connectivity index (χ3v) is 5.82. The van der Waals surface area contributed by atoms with Gasteiger partial charge in [0.25, 0.3) is 0 Å². The maximum atomic E-state index is 12.8. The molecular formula is C23H22N6O3S. The zero-order valence-corrected chi connectivity index (χ0v) is 18.9. The molecule has 0 spiro atoms. The number of para-hydroxylation sites is 1. The van der Waals surface area contributed by atoms with Crippen LogP contribution in [0.15, 0.2) is 64.0 Å². The third kappa shape index (κ3) is 5.66. The van der Waals surface area contributed by atoms with E-state index in [0.717, 1.165) is 27.6 Å². The van der Waals surface area contributed by atoms with E-state index in [0.29, 0.717) is 11.3 Å². The molecule has 0 amide bonds.